The smallest absolute Gasteiger partial charge is 0.0595 e. The maximum Gasteiger partial charge on any atom is 0.0595 e. The van der Waals surface area contributed by atoms with E-state index in [4.69, 9.17) is 33.7 Å². The van der Waals surface area contributed by atoms with Crippen molar-refractivity contribution >= 4 is 23.2 Å². The van der Waals surface area contributed by atoms with Crippen LogP contribution in [-0.2, 0) is 10.2 Å². The molecule has 0 bridgehead atoms. The average molecular weight is 260 g/mol. The van der Waals surface area contributed by atoms with E-state index in [-0.39, 0.29) is 11.5 Å². The Morgan fingerprint density at radius 3 is 2.50 bits per heavy atom. The molecule has 1 aliphatic rings. The van der Waals surface area contributed by atoms with Gasteiger partial charge in [-0.2, -0.15) is 0 Å². The predicted molar refractivity (Wildman–Crippen MR) is 67.2 cm³/mol. The number of hydrogen-bond donors (Lipinski definition) is 1. The molecule has 0 aromatic heterocycles. The van der Waals surface area contributed by atoms with Crippen LogP contribution in [-0.4, -0.2) is 19.3 Å². The van der Waals surface area contributed by atoms with E-state index in [2.05, 4.69) is 0 Å². The molecular formula is C12H15Cl2NO. The molecule has 4 heteroatoms. The van der Waals surface area contributed by atoms with Gasteiger partial charge in [0, 0.05) is 11.5 Å². The molecule has 1 atom stereocenters. The summed E-state index contributed by atoms with van der Waals surface area (Å²) in [5, 5.41) is 1.18. The largest absolute Gasteiger partial charge is 0.379 e. The van der Waals surface area contributed by atoms with Gasteiger partial charge in [-0.15, -0.1) is 0 Å². The van der Waals surface area contributed by atoms with Crippen molar-refractivity contribution in [3.05, 3.63) is 33.8 Å². The fourth-order valence-electron chi connectivity index (χ4n) is 2.19. The zero-order chi connectivity index (χ0) is 11.8. The Kier molecular flexibility index (Phi) is 3.45. The second kappa shape index (κ2) is 4.53. The number of benzene rings is 1. The highest BCUT2D eigenvalue weighted by molar-refractivity contribution is 6.42. The molecule has 1 heterocycles. The first-order valence-corrected chi connectivity index (χ1v) is 6.08. The first-order chi connectivity index (χ1) is 7.53. The first kappa shape index (κ1) is 12.2. The SMILES string of the molecule is CC(N)CC1(c2ccc(Cl)c(Cl)c2)COC1. The average Bonchev–Trinajstić information content (AvgIpc) is 2.16. The first-order valence-electron chi connectivity index (χ1n) is 5.32. The second-order valence-electron chi connectivity index (χ2n) is 4.58. The van der Waals surface area contributed by atoms with Gasteiger partial charge in [-0.25, -0.2) is 0 Å². The highest BCUT2D eigenvalue weighted by Gasteiger charge is 2.41. The zero-order valence-electron chi connectivity index (χ0n) is 9.17. The minimum atomic E-state index is 0.0302. The van der Waals surface area contributed by atoms with Gasteiger partial charge >= 0.3 is 0 Å². The molecule has 2 rings (SSSR count). The van der Waals surface area contributed by atoms with Crippen LogP contribution in [0.1, 0.15) is 18.9 Å². The van der Waals surface area contributed by atoms with Crippen molar-refractivity contribution in [2.75, 3.05) is 13.2 Å². The summed E-state index contributed by atoms with van der Waals surface area (Å²) in [4.78, 5) is 0. The number of nitrogens with two attached hydrogens (primary N) is 1. The Balaban J connectivity index is 2.29. The Hall–Kier alpha value is -0.280. The van der Waals surface area contributed by atoms with Crippen molar-refractivity contribution in [3.63, 3.8) is 0 Å². The molecule has 1 aromatic rings. The fourth-order valence-corrected chi connectivity index (χ4v) is 2.49. The summed E-state index contributed by atoms with van der Waals surface area (Å²) in [6.07, 6.45) is 0.908. The van der Waals surface area contributed by atoms with E-state index in [1.54, 1.807) is 0 Å². The molecule has 0 amide bonds. The Morgan fingerprint density at radius 1 is 1.38 bits per heavy atom. The number of halogens is 2. The molecule has 1 saturated heterocycles. The lowest BCUT2D eigenvalue weighted by molar-refractivity contribution is -0.0665. The van der Waals surface area contributed by atoms with Gasteiger partial charge in [-0.1, -0.05) is 29.3 Å². The van der Waals surface area contributed by atoms with Crippen molar-refractivity contribution in [3.8, 4) is 0 Å². The lowest BCUT2D eigenvalue weighted by atomic mass is 9.74. The van der Waals surface area contributed by atoms with Gasteiger partial charge in [-0.05, 0) is 31.0 Å². The van der Waals surface area contributed by atoms with Crippen molar-refractivity contribution < 1.29 is 4.74 Å². The van der Waals surface area contributed by atoms with E-state index in [1.165, 1.54) is 5.56 Å². The topological polar surface area (TPSA) is 35.2 Å². The van der Waals surface area contributed by atoms with Gasteiger partial charge < -0.3 is 10.5 Å². The van der Waals surface area contributed by atoms with Crippen LogP contribution in [0.2, 0.25) is 10.0 Å². The highest BCUT2D eigenvalue weighted by Crippen LogP contribution is 2.38. The molecule has 0 spiro atoms. The molecule has 2 N–H and O–H groups in total. The van der Waals surface area contributed by atoms with E-state index in [1.807, 2.05) is 25.1 Å². The van der Waals surface area contributed by atoms with Gasteiger partial charge in [0.15, 0.2) is 0 Å². The molecule has 0 aliphatic carbocycles. The molecule has 1 aromatic carbocycles. The molecule has 1 fully saturated rings. The summed E-state index contributed by atoms with van der Waals surface area (Å²) in [6, 6.07) is 5.92. The fraction of sp³-hybridized carbons (Fsp3) is 0.500. The molecule has 1 aliphatic heterocycles. The van der Waals surface area contributed by atoms with Crippen LogP contribution in [0.4, 0.5) is 0 Å². The lowest BCUT2D eigenvalue weighted by Crippen LogP contribution is -2.49. The van der Waals surface area contributed by atoms with E-state index in [9.17, 15) is 0 Å². The van der Waals surface area contributed by atoms with Gasteiger partial charge in [0.1, 0.15) is 0 Å². The summed E-state index contributed by atoms with van der Waals surface area (Å²) in [7, 11) is 0. The third-order valence-corrected chi connectivity index (χ3v) is 3.74. The molecule has 16 heavy (non-hydrogen) atoms. The number of ether oxygens (including phenoxy) is 1. The van der Waals surface area contributed by atoms with Crippen LogP contribution in [0.25, 0.3) is 0 Å². The minimum absolute atomic E-state index is 0.0302. The van der Waals surface area contributed by atoms with Gasteiger partial charge in [0.25, 0.3) is 0 Å². The van der Waals surface area contributed by atoms with Crippen LogP contribution in [0.5, 0.6) is 0 Å². The summed E-state index contributed by atoms with van der Waals surface area (Å²) >= 11 is 11.9. The summed E-state index contributed by atoms with van der Waals surface area (Å²) in [5.41, 5.74) is 7.08. The maximum atomic E-state index is 6.03. The second-order valence-corrected chi connectivity index (χ2v) is 5.40. The number of hydrogen-bond acceptors (Lipinski definition) is 2. The van der Waals surface area contributed by atoms with Crippen molar-refractivity contribution in [2.45, 2.75) is 24.8 Å². The lowest BCUT2D eigenvalue weighted by Gasteiger charge is -2.43. The normalized spacial score (nSPS) is 20.2. The summed E-state index contributed by atoms with van der Waals surface area (Å²) in [6.45, 7) is 3.44. The van der Waals surface area contributed by atoms with E-state index < -0.39 is 0 Å². The Morgan fingerprint density at radius 2 is 2.06 bits per heavy atom. The third kappa shape index (κ3) is 2.21. The molecule has 88 valence electrons. The molecule has 2 nitrogen and oxygen atoms in total. The quantitative estimate of drug-likeness (QED) is 0.906. The Labute approximate surface area is 106 Å². The van der Waals surface area contributed by atoms with Crippen LogP contribution in [0.15, 0.2) is 18.2 Å². The monoisotopic (exact) mass is 259 g/mol. The van der Waals surface area contributed by atoms with E-state index >= 15 is 0 Å². The standard InChI is InChI=1S/C12H15Cl2NO/c1-8(15)5-12(6-16-7-12)9-2-3-10(13)11(14)4-9/h2-4,8H,5-7,15H2,1H3. The van der Waals surface area contributed by atoms with E-state index in [0.717, 1.165) is 6.42 Å². The zero-order valence-corrected chi connectivity index (χ0v) is 10.7. The highest BCUT2D eigenvalue weighted by atomic mass is 35.5. The van der Waals surface area contributed by atoms with Crippen LogP contribution < -0.4 is 5.73 Å². The Bertz CT molecular complexity index is 389. The molecule has 0 radical (unpaired) electrons. The van der Waals surface area contributed by atoms with Crippen molar-refractivity contribution in [1.82, 2.24) is 0 Å². The molecule has 0 saturated carbocycles. The molecular weight excluding hydrogens is 245 g/mol. The van der Waals surface area contributed by atoms with Crippen LogP contribution >= 0.6 is 23.2 Å². The van der Waals surface area contributed by atoms with Crippen molar-refractivity contribution in [2.24, 2.45) is 5.73 Å². The van der Waals surface area contributed by atoms with Crippen LogP contribution in [0, 0.1) is 0 Å². The van der Waals surface area contributed by atoms with Crippen LogP contribution in [0.3, 0.4) is 0 Å². The number of rotatable bonds is 3. The van der Waals surface area contributed by atoms with Gasteiger partial charge in [0.05, 0.1) is 23.3 Å². The van der Waals surface area contributed by atoms with Gasteiger partial charge in [0.2, 0.25) is 0 Å². The minimum Gasteiger partial charge on any atom is -0.379 e. The third-order valence-electron chi connectivity index (χ3n) is 3.00. The van der Waals surface area contributed by atoms with Gasteiger partial charge in [-0.3, -0.25) is 0 Å². The summed E-state index contributed by atoms with van der Waals surface area (Å²) in [5.74, 6) is 0. The summed E-state index contributed by atoms with van der Waals surface area (Å²) < 4.78 is 5.33. The maximum absolute atomic E-state index is 6.03. The predicted octanol–water partition coefficient (Wildman–Crippen LogP) is 3.00. The van der Waals surface area contributed by atoms with E-state index in [0.29, 0.717) is 23.3 Å². The van der Waals surface area contributed by atoms with Crippen molar-refractivity contribution in [1.29, 1.82) is 0 Å². The molecule has 1 unspecified atom stereocenters.